The van der Waals surface area contributed by atoms with Gasteiger partial charge >= 0.3 is 12.1 Å². The Labute approximate surface area is 139 Å². The van der Waals surface area contributed by atoms with E-state index in [0.717, 1.165) is 6.92 Å². The second-order valence-electron chi connectivity index (χ2n) is 4.74. The van der Waals surface area contributed by atoms with Crippen molar-refractivity contribution < 1.29 is 32.5 Å². The Morgan fingerprint density at radius 2 is 1.96 bits per heavy atom. The molecule has 0 fully saturated rings. The van der Waals surface area contributed by atoms with E-state index in [1.807, 2.05) is 6.07 Å². The van der Waals surface area contributed by atoms with E-state index in [4.69, 9.17) is 14.7 Å². The van der Waals surface area contributed by atoms with Gasteiger partial charge < -0.3 is 14.6 Å². The predicted molar refractivity (Wildman–Crippen MR) is 76.5 cm³/mol. The van der Waals surface area contributed by atoms with Crippen LogP contribution in [-0.2, 0) is 6.18 Å². The number of benzene rings is 1. The number of ether oxygens (including phenoxy) is 2. The normalized spacial score (nSPS) is 10.9. The molecule has 0 unspecified atom stereocenters. The predicted octanol–water partition coefficient (Wildman–Crippen LogP) is 3.17. The summed E-state index contributed by atoms with van der Waals surface area (Å²) in [6.45, 7) is 0.962. The summed E-state index contributed by atoms with van der Waals surface area (Å²) >= 11 is 0. The average molecular weight is 353 g/mol. The molecule has 1 N–H and O–H groups in total. The number of aromatic carboxylic acids is 1. The number of carboxylic acid groups (broad SMARTS) is 1. The molecule has 0 aliphatic heterocycles. The third-order valence-electron chi connectivity index (χ3n) is 3.17. The quantitative estimate of drug-likeness (QED) is 0.900. The van der Waals surface area contributed by atoms with Gasteiger partial charge in [-0.3, -0.25) is 0 Å². The zero-order valence-electron chi connectivity index (χ0n) is 12.9. The first-order valence-corrected chi connectivity index (χ1v) is 6.62. The lowest BCUT2D eigenvalue weighted by molar-refractivity contribution is -0.142. The highest BCUT2D eigenvalue weighted by molar-refractivity contribution is 5.92. The molecule has 0 spiro atoms. The molecule has 10 heteroatoms. The van der Waals surface area contributed by atoms with Gasteiger partial charge in [-0.05, 0) is 19.1 Å². The largest absolute Gasteiger partial charge is 0.493 e. The Kier molecular flexibility index (Phi) is 4.78. The molecule has 2 aromatic rings. The van der Waals surface area contributed by atoms with Gasteiger partial charge in [-0.2, -0.15) is 18.4 Å². The minimum atomic E-state index is -4.86. The molecular weight excluding hydrogens is 343 g/mol. The summed E-state index contributed by atoms with van der Waals surface area (Å²) in [6.07, 6.45) is -4.86. The van der Waals surface area contributed by atoms with Crippen LogP contribution in [0.5, 0.6) is 17.4 Å². The minimum Gasteiger partial charge on any atom is -0.493 e. The van der Waals surface area contributed by atoms with Crippen LogP contribution in [0, 0.1) is 18.3 Å². The van der Waals surface area contributed by atoms with Gasteiger partial charge in [0.15, 0.2) is 17.2 Å². The van der Waals surface area contributed by atoms with Crippen LogP contribution in [0.25, 0.3) is 0 Å². The zero-order chi connectivity index (χ0) is 18.8. The van der Waals surface area contributed by atoms with E-state index in [1.165, 1.54) is 25.3 Å². The second kappa shape index (κ2) is 6.64. The van der Waals surface area contributed by atoms with Crippen LogP contribution < -0.4 is 9.47 Å². The number of hydrogen-bond acceptors (Lipinski definition) is 6. The van der Waals surface area contributed by atoms with Gasteiger partial charge in [-0.15, -0.1) is 10.2 Å². The van der Waals surface area contributed by atoms with Crippen LogP contribution in [0.4, 0.5) is 13.2 Å². The van der Waals surface area contributed by atoms with Crippen LogP contribution in [0.2, 0.25) is 0 Å². The lowest BCUT2D eigenvalue weighted by Crippen LogP contribution is -2.17. The lowest BCUT2D eigenvalue weighted by Gasteiger charge is -2.14. The maximum atomic E-state index is 12.9. The molecule has 0 saturated heterocycles. The van der Waals surface area contributed by atoms with Crippen molar-refractivity contribution in [2.75, 3.05) is 7.11 Å². The number of rotatable bonds is 4. The fraction of sp³-hybridized carbons (Fsp3) is 0.200. The monoisotopic (exact) mass is 353 g/mol. The molecule has 0 bridgehead atoms. The van der Waals surface area contributed by atoms with E-state index in [0.29, 0.717) is 0 Å². The number of hydrogen-bond donors (Lipinski definition) is 1. The topological polar surface area (TPSA) is 105 Å². The Morgan fingerprint density at radius 3 is 2.48 bits per heavy atom. The molecule has 25 heavy (non-hydrogen) atoms. The number of nitrogens with zero attached hydrogens (tertiary/aromatic N) is 3. The maximum Gasteiger partial charge on any atom is 0.435 e. The van der Waals surface area contributed by atoms with Crippen molar-refractivity contribution >= 4 is 5.97 Å². The second-order valence-corrected chi connectivity index (χ2v) is 4.74. The van der Waals surface area contributed by atoms with E-state index in [1.54, 1.807) is 0 Å². The van der Waals surface area contributed by atoms with Crippen molar-refractivity contribution in [1.29, 1.82) is 5.26 Å². The van der Waals surface area contributed by atoms with E-state index in [-0.39, 0.29) is 17.1 Å². The summed E-state index contributed by atoms with van der Waals surface area (Å²) in [6, 6.07) is 5.86. The molecular formula is C15H10F3N3O4. The van der Waals surface area contributed by atoms with E-state index >= 15 is 0 Å². The number of nitriles is 1. The molecule has 0 amide bonds. The molecule has 0 atom stereocenters. The highest BCUT2D eigenvalue weighted by Gasteiger charge is 2.38. The van der Waals surface area contributed by atoms with Crippen molar-refractivity contribution in [3.05, 3.63) is 40.6 Å². The first kappa shape index (κ1) is 18.0. The van der Waals surface area contributed by atoms with Crippen LogP contribution in [0.15, 0.2) is 18.2 Å². The summed E-state index contributed by atoms with van der Waals surface area (Å²) < 4.78 is 48.9. The Morgan fingerprint density at radius 1 is 1.28 bits per heavy atom. The van der Waals surface area contributed by atoms with Crippen LogP contribution in [-0.4, -0.2) is 28.4 Å². The van der Waals surface area contributed by atoms with E-state index < -0.39 is 34.8 Å². The molecule has 1 aromatic carbocycles. The number of alkyl halides is 3. The standard InChI is InChI=1S/C15H10F3N3O4/c1-7-11(14(22)23)13(21-20-12(7)15(16,17)18)25-9-4-3-8(6-19)5-10(9)24-2/h3-5H,1-2H3,(H,22,23). The lowest BCUT2D eigenvalue weighted by atomic mass is 10.1. The molecule has 1 aromatic heterocycles. The summed E-state index contributed by atoms with van der Waals surface area (Å²) in [5.74, 6) is -2.23. The van der Waals surface area contributed by atoms with Crippen molar-refractivity contribution in [3.8, 4) is 23.4 Å². The SMILES string of the molecule is COc1cc(C#N)ccc1Oc1nnc(C(F)(F)F)c(C)c1C(=O)O. The van der Waals surface area contributed by atoms with Gasteiger partial charge in [0.05, 0.1) is 18.7 Å². The fourth-order valence-electron chi connectivity index (χ4n) is 2.02. The highest BCUT2D eigenvalue weighted by atomic mass is 19.4. The van der Waals surface area contributed by atoms with Gasteiger partial charge in [0.1, 0.15) is 5.56 Å². The van der Waals surface area contributed by atoms with Crippen molar-refractivity contribution in [2.24, 2.45) is 0 Å². The van der Waals surface area contributed by atoms with Crippen LogP contribution in [0.1, 0.15) is 27.2 Å². The molecule has 0 aliphatic carbocycles. The smallest absolute Gasteiger partial charge is 0.435 e. The first-order chi connectivity index (χ1) is 11.7. The van der Waals surface area contributed by atoms with Crippen molar-refractivity contribution in [3.63, 3.8) is 0 Å². The van der Waals surface area contributed by atoms with Gasteiger partial charge in [-0.25, -0.2) is 4.79 Å². The number of carbonyl (C=O) groups is 1. The third kappa shape index (κ3) is 3.60. The van der Waals surface area contributed by atoms with Crippen LogP contribution in [0.3, 0.4) is 0 Å². The molecule has 0 radical (unpaired) electrons. The highest BCUT2D eigenvalue weighted by Crippen LogP contribution is 2.36. The third-order valence-corrected chi connectivity index (χ3v) is 3.17. The summed E-state index contributed by atoms with van der Waals surface area (Å²) in [7, 11) is 1.28. The molecule has 1 heterocycles. The average Bonchev–Trinajstić information content (AvgIpc) is 2.53. The van der Waals surface area contributed by atoms with E-state index in [9.17, 15) is 23.1 Å². The Hall–Kier alpha value is -3.35. The number of aromatic nitrogens is 2. The number of carboxylic acids is 1. The van der Waals surface area contributed by atoms with Crippen molar-refractivity contribution in [1.82, 2.24) is 10.2 Å². The summed E-state index contributed by atoms with van der Waals surface area (Å²) in [4.78, 5) is 11.4. The van der Waals surface area contributed by atoms with Gasteiger partial charge in [0.25, 0.3) is 5.88 Å². The van der Waals surface area contributed by atoms with Gasteiger partial charge in [0.2, 0.25) is 0 Å². The number of methoxy groups -OCH3 is 1. The zero-order valence-corrected chi connectivity index (χ0v) is 12.9. The maximum absolute atomic E-state index is 12.9. The fourth-order valence-corrected chi connectivity index (χ4v) is 2.02. The Balaban J connectivity index is 2.56. The first-order valence-electron chi connectivity index (χ1n) is 6.62. The summed E-state index contributed by atoms with van der Waals surface area (Å²) in [5, 5.41) is 24.3. The van der Waals surface area contributed by atoms with Gasteiger partial charge in [-0.1, -0.05) is 0 Å². The summed E-state index contributed by atoms with van der Waals surface area (Å²) in [5.41, 5.74) is -2.56. The molecule has 130 valence electrons. The molecule has 0 saturated carbocycles. The number of halogens is 3. The Bertz CT molecular complexity index is 876. The minimum absolute atomic E-state index is 0.0301. The molecule has 7 nitrogen and oxygen atoms in total. The molecule has 0 aliphatic rings. The molecule has 2 rings (SSSR count). The van der Waals surface area contributed by atoms with E-state index in [2.05, 4.69) is 10.2 Å². The van der Waals surface area contributed by atoms with Crippen molar-refractivity contribution in [2.45, 2.75) is 13.1 Å². The van der Waals surface area contributed by atoms with Crippen LogP contribution >= 0.6 is 0 Å². The van der Waals surface area contributed by atoms with Gasteiger partial charge in [0, 0.05) is 11.6 Å².